The summed E-state index contributed by atoms with van der Waals surface area (Å²) < 4.78 is 0. The SMILES string of the molecule is CC[C@@H]1C2C[C@H](O)CCC2(C)C2CCC3(C)C([C@H](C)CCC(=O)NCC(N)=O)CC[C@H]3[C@@H]2[C@@H]1O. The van der Waals surface area contributed by atoms with E-state index < -0.39 is 5.91 Å². The molecule has 0 aromatic rings. The molecule has 4 aliphatic rings. The zero-order chi connectivity index (χ0) is 24.8. The third-order valence-corrected chi connectivity index (χ3v) is 11.4. The van der Waals surface area contributed by atoms with Gasteiger partial charge < -0.3 is 21.3 Å². The van der Waals surface area contributed by atoms with E-state index in [9.17, 15) is 19.8 Å². The molecule has 0 radical (unpaired) electrons. The first-order valence-electron chi connectivity index (χ1n) is 13.9. The van der Waals surface area contributed by atoms with Crippen LogP contribution in [0.5, 0.6) is 0 Å². The maximum Gasteiger partial charge on any atom is 0.236 e. The minimum absolute atomic E-state index is 0.0905. The fourth-order valence-corrected chi connectivity index (χ4v) is 9.77. The molecule has 4 fully saturated rings. The molecule has 0 bridgehead atoms. The van der Waals surface area contributed by atoms with E-state index >= 15 is 0 Å². The minimum Gasteiger partial charge on any atom is -0.393 e. The molecular weight excluding hydrogens is 428 g/mol. The van der Waals surface area contributed by atoms with E-state index in [1.807, 2.05) is 0 Å². The van der Waals surface area contributed by atoms with Crippen molar-refractivity contribution in [1.29, 1.82) is 0 Å². The standard InChI is InChI=1S/C28H48N2O4/c1-5-18-22-14-17(31)10-12-28(22,4)21-11-13-27(3)19(7-8-20(27)25(21)26(18)34)16(2)6-9-24(33)30-15-23(29)32/h16-22,25-26,31,34H,5-15H2,1-4H3,(H2,29,32)(H,30,33)/t16-,17-,18-,19?,20+,21?,22?,25+,26-,27?,28?/m1/s1. The van der Waals surface area contributed by atoms with Gasteiger partial charge in [0.1, 0.15) is 0 Å². The largest absolute Gasteiger partial charge is 0.393 e. The highest BCUT2D eigenvalue weighted by atomic mass is 16.3. The molecule has 4 aliphatic carbocycles. The topological polar surface area (TPSA) is 113 Å². The first kappa shape index (κ1) is 25.9. The van der Waals surface area contributed by atoms with E-state index in [1.165, 1.54) is 25.7 Å². The molecule has 0 saturated heterocycles. The van der Waals surface area contributed by atoms with E-state index in [4.69, 9.17) is 5.73 Å². The van der Waals surface area contributed by atoms with E-state index in [0.29, 0.717) is 41.9 Å². The average molecular weight is 477 g/mol. The number of amides is 2. The van der Waals surface area contributed by atoms with Gasteiger partial charge in [0.05, 0.1) is 18.8 Å². The Balaban J connectivity index is 1.49. The Kier molecular flexibility index (Phi) is 7.42. The predicted molar refractivity (Wildman–Crippen MR) is 132 cm³/mol. The van der Waals surface area contributed by atoms with Gasteiger partial charge in [0.15, 0.2) is 0 Å². The summed E-state index contributed by atoms with van der Waals surface area (Å²) in [5, 5.41) is 24.9. The number of hydrogen-bond donors (Lipinski definition) is 4. The van der Waals surface area contributed by atoms with Gasteiger partial charge in [-0.2, -0.15) is 0 Å². The molecule has 34 heavy (non-hydrogen) atoms. The molecule has 194 valence electrons. The van der Waals surface area contributed by atoms with Crippen LogP contribution in [0.25, 0.3) is 0 Å². The molecule has 5 unspecified atom stereocenters. The third-order valence-electron chi connectivity index (χ3n) is 11.4. The van der Waals surface area contributed by atoms with E-state index in [-0.39, 0.29) is 41.4 Å². The Morgan fingerprint density at radius 1 is 1.03 bits per heavy atom. The van der Waals surface area contributed by atoms with Crippen molar-refractivity contribution in [2.24, 2.45) is 58.0 Å². The third kappa shape index (κ3) is 4.31. The Hall–Kier alpha value is -1.14. The van der Waals surface area contributed by atoms with Crippen molar-refractivity contribution in [1.82, 2.24) is 5.32 Å². The highest BCUT2D eigenvalue weighted by molar-refractivity contribution is 5.83. The molecule has 0 aromatic carbocycles. The molecule has 6 nitrogen and oxygen atoms in total. The van der Waals surface area contributed by atoms with Crippen LogP contribution in [0.1, 0.15) is 91.9 Å². The number of carbonyl (C=O) groups is 2. The van der Waals surface area contributed by atoms with E-state index in [2.05, 4.69) is 33.0 Å². The summed E-state index contributed by atoms with van der Waals surface area (Å²) in [5.41, 5.74) is 5.58. The van der Waals surface area contributed by atoms with E-state index in [0.717, 1.165) is 32.1 Å². The molecule has 5 N–H and O–H groups in total. The van der Waals surface area contributed by atoms with Crippen molar-refractivity contribution in [3.63, 3.8) is 0 Å². The van der Waals surface area contributed by atoms with Gasteiger partial charge in [0, 0.05) is 6.42 Å². The zero-order valence-electron chi connectivity index (χ0n) is 21.8. The van der Waals surface area contributed by atoms with Gasteiger partial charge in [-0.1, -0.05) is 34.1 Å². The summed E-state index contributed by atoms with van der Waals surface area (Å²) in [6.07, 6.45) is 9.36. The molecule has 0 aliphatic heterocycles. The van der Waals surface area contributed by atoms with Crippen LogP contribution in [0.2, 0.25) is 0 Å². The maximum absolute atomic E-state index is 12.2. The van der Waals surface area contributed by atoms with Crippen LogP contribution in [-0.4, -0.2) is 40.8 Å². The molecule has 0 spiro atoms. The number of aliphatic hydroxyl groups excluding tert-OH is 2. The maximum atomic E-state index is 12.2. The predicted octanol–water partition coefficient (Wildman–Crippen LogP) is 3.63. The summed E-state index contributed by atoms with van der Waals surface area (Å²) in [5.74, 6) is 2.55. The zero-order valence-corrected chi connectivity index (χ0v) is 21.8. The van der Waals surface area contributed by atoms with Crippen LogP contribution in [0.4, 0.5) is 0 Å². The van der Waals surface area contributed by atoms with Crippen molar-refractivity contribution >= 4 is 11.8 Å². The average Bonchev–Trinajstić information content (AvgIpc) is 3.14. The number of aliphatic hydroxyl groups is 2. The van der Waals surface area contributed by atoms with Crippen molar-refractivity contribution in [2.75, 3.05) is 6.54 Å². The minimum atomic E-state index is -0.510. The summed E-state index contributed by atoms with van der Waals surface area (Å²) in [6.45, 7) is 9.38. The van der Waals surface area contributed by atoms with Crippen LogP contribution < -0.4 is 11.1 Å². The van der Waals surface area contributed by atoms with Crippen LogP contribution in [0.15, 0.2) is 0 Å². The number of nitrogens with one attached hydrogen (secondary N) is 1. The van der Waals surface area contributed by atoms with Gasteiger partial charge in [-0.05, 0) is 104 Å². The number of primary amides is 1. The Morgan fingerprint density at radius 3 is 2.38 bits per heavy atom. The second kappa shape index (κ2) is 9.72. The van der Waals surface area contributed by atoms with Gasteiger partial charge in [-0.15, -0.1) is 0 Å². The van der Waals surface area contributed by atoms with Crippen molar-refractivity contribution in [2.45, 2.75) is 104 Å². The number of hydrogen-bond acceptors (Lipinski definition) is 4. The quantitative estimate of drug-likeness (QED) is 0.449. The second-order valence-corrected chi connectivity index (χ2v) is 12.9. The van der Waals surface area contributed by atoms with Gasteiger partial charge in [-0.25, -0.2) is 0 Å². The van der Waals surface area contributed by atoms with E-state index in [1.54, 1.807) is 0 Å². The Labute approximate surface area is 205 Å². The number of nitrogens with two attached hydrogens (primary N) is 1. The van der Waals surface area contributed by atoms with Gasteiger partial charge in [0.2, 0.25) is 11.8 Å². The van der Waals surface area contributed by atoms with Gasteiger partial charge in [-0.3, -0.25) is 9.59 Å². The normalized spacial score (nSPS) is 46.6. The lowest BCUT2D eigenvalue weighted by molar-refractivity contribution is -0.203. The molecule has 2 amide bonds. The first-order chi connectivity index (χ1) is 16.0. The second-order valence-electron chi connectivity index (χ2n) is 12.9. The summed E-state index contributed by atoms with van der Waals surface area (Å²) in [4.78, 5) is 23.1. The Morgan fingerprint density at radius 2 is 1.71 bits per heavy atom. The molecule has 0 heterocycles. The molecular formula is C28H48N2O4. The highest BCUT2D eigenvalue weighted by Gasteiger charge is 2.64. The van der Waals surface area contributed by atoms with Crippen molar-refractivity contribution in [3.05, 3.63) is 0 Å². The van der Waals surface area contributed by atoms with Gasteiger partial charge in [0.25, 0.3) is 0 Å². The lowest BCUT2D eigenvalue weighted by atomic mass is 9.41. The van der Waals surface area contributed by atoms with Crippen LogP contribution in [0.3, 0.4) is 0 Å². The highest BCUT2D eigenvalue weighted by Crippen LogP contribution is 2.69. The first-order valence-corrected chi connectivity index (χ1v) is 13.9. The number of rotatable bonds is 7. The smallest absolute Gasteiger partial charge is 0.236 e. The lowest BCUT2D eigenvalue weighted by Gasteiger charge is -2.64. The van der Waals surface area contributed by atoms with Crippen LogP contribution >= 0.6 is 0 Å². The van der Waals surface area contributed by atoms with Crippen LogP contribution in [-0.2, 0) is 9.59 Å². The molecule has 4 rings (SSSR count). The lowest BCUT2D eigenvalue weighted by Crippen LogP contribution is -2.62. The monoisotopic (exact) mass is 476 g/mol. The summed E-state index contributed by atoms with van der Waals surface area (Å²) in [7, 11) is 0. The van der Waals surface area contributed by atoms with Crippen molar-refractivity contribution < 1.29 is 19.8 Å². The summed E-state index contributed by atoms with van der Waals surface area (Å²) in [6, 6.07) is 0. The molecule has 11 atom stereocenters. The fraction of sp³-hybridized carbons (Fsp3) is 0.929. The molecule has 6 heteroatoms. The van der Waals surface area contributed by atoms with Gasteiger partial charge >= 0.3 is 0 Å². The van der Waals surface area contributed by atoms with Crippen LogP contribution in [0, 0.1) is 52.3 Å². The summed E-state index contributed by atoms with van der Waals surface area (Å²) >= 11 is 0. The molecule has 4 saturated carbocycles. The number of fused-ring (bicyclic) bond motifs is 5. The fourth-order valence-electron chi connectivity index (χ4n) is 9.77. The Bertz CT molecular complexity index is 774. The molecule has 0 aromatic heterocycles. The van der Waals surface area contributed by atoms with Crippen molar-refractivity contribution in [3.8, 4) is 0 Å². The number of carbonyl (C=O) groups excluding carboxylic acids is 2.